The van der Waals surface area contributed by atoms with Crippen molar-refractivity contribution in [3.8, 4) is 0 Å². The summed E-state index contributed by atoms with van der Waals surface area (Å²) < 4.78 is 27.6. The fourth-order valence-electron chi connectivity index (χ4n) is 3.17. The van der Waals surface area contributed by atoms with Gasteiger partial charge in [-0.1, -0.05) is 12.1 Å². The minimum Gasteiger partial charge on any atom is -0.373 e. The van der Waals surface area contributed by atoms with Gasteiger partial charge in [0.2, 0.25) is 10.0 Å². The number of hydrogen-bond acceptors (Lipinski definition) is 8. The predicted molar refractivity (Wildman–Crippen MR) is 97.0 cm³/mol. The topological polar surface area (TPSA) is 138 Å². The third-order valence-corrected chi connectivity index (χ3v) is 6.53. The summed E-state index contributed by atoms with van der Waals surface area (Å²) in [6.45, 7) is 3.15. The van der Waals surface area contributed by atoms with Gasteiger partial charge in [-0.3, -0.25) is 10.1 Å². The second-order valence-corrected chi connectivity index (χ2v) is 8.48. The van der Waals surface area contributed by atoms with Gasteiger partial charge in [-0.25, -0.2) is 8.42 Å². The average Bonchev–Trinajstić information content (AvgIpc) is 3.34. The molecular weight excluding hydrogens is 374 g/mol. The minimum atomic E-state index is -3.82. The molecule has 1 aromatic carbocycles. The number of anilines is 1. The number of non-ortho nitro benzene ring substituents is 1. The summed E-state index contributed by atoms with van der Waals surface area (Å²) in [7, 11) is -2.09. The standard InChI is InChI=1S/C15H21N7O4S/c1-11(15-16-18-19-17-15)10-20(2)13-6-5-12(22(23)24)9-14(13)27(25,26)21-7-3-4-8-21/h5-6,9,11H,3-4,7-8,10H2,1-2H3,(H,16,17,18,19)/t11-/m0/s1. The lowest BCUT2D eigenvalue weighted by Crippen LogP contribution is -2.31. The van der Waals surface area contributed by atoms with Gasteiger partial charge < -0.3 is 4.90 Å². The third-order valence-electron chi connectivity index (χ3n) is 4.60. The van der Waals surface area contributed by atoms with E-state index in [0.29, 0.717) is 31.1 Å². The highest BCUT2D eigenvalue weighted by molar-refractivity contribution is 7.89. The van der Waals surface area contributed by atoms with Crippen molar-refractivity contribution in [3.63, 3.8) is 0 Å². The van der Waals surface area contributed by atoms with Crippen LogP contribution in [-0.2, 0) is 10.0 Å². The van der Waals surface area contributed by atoms with Crippen LogP contribution < -0.4 is 4.90 Å². The van der Waals surface area contributed by atoms with Crippen molar-refractivity contribution in [2.45, 2.75) is 30.6 Å². The Morgan fingerprint density at radius 3 is 2.67 bits per heavy atom. The van der Waals surface area contributed by atoms with Gasteiger partial charge >= 0.3 is 0 Å². The molecule has 0 spiro atoms. The third kappa shape index (κ3) is 3.90. The van der Waals surface area contributed by atoms with Crippen LogP contribution in [0.2, 0.25) is 0 Å². The molecule has 146 valence electrons. The maximum atomic E-state index is 13.1. The molecule has 27 heavy (non-hydrogen) atoms. The number of sulfonamides is 1. The highest BCUT2D eigenvalue weighted by Gasteiger charge is 2.32. The molecule has 0 bridgehead atoms. The number of nitrogens with zero attached hydrogens (tertiary/aromatic N) is 6. The molecule has 3 rings (SSSR count). The molecule has 1 aliphatic rings. The summed E-state index contributed by atoms with van der Waals surface area (Å²) in [5.74, 6) is 0.388. The van der Waals surface area contributed by atoms with E-state index in [4.69, 9.17) is 0 Å². The van der Waals surface area contributed by atoms with Crippen LogP contribution in [0.1, 0.15) is 31.5 Å². The molecule has 12 heteroatoms. The summed E-state index contributed by atoms with van der Waals surface area (Å²) in [5, 5.41) is 25.0. The molecule has 0 unspecified atom stereocenters. The first kappa shape index (κ1) is 19.2. The van der Waals surface area contributed by atoms with Crippen molar-refractivity contribution in [1.82, 2.24) is 24.9 Å². The molecule has 1 fully saturated rings. The van der Waals surface area contributed by atoms with Gasteiger partial charge in [-0.05, 0) is 18.9 Å². The number of aromatic nitrogens is 4. The number of benzene rings is 1. The molecule has 0 saturated carbocycles. The first-order valence-corrected chi connectivity index (χ1v) is 9.98. The summed E-state index contributed by atoms with van der Waals surface area (Å²) in [6.07, 6.45) is 1.57. The SMILES string of the molecule is C[C@@H](CN(C)c1ccc([N+](=O)[O-])cc1S(=O)(=O)N1CCCC1)c1nn[nH]n1. The van der Waals surface area contributed by atoms with E-state index >= 15 is 0 Å². The zero-order valence-electron chi connectivity index (χ0n) is 15.1. The quantitative estimate of drug-likeness (QED) is 0.544. The lowest BCUT2D eigenvalue weighted by atomic mass is 10.1. The van der Waals surface area contributed by atoms with Gasteiger partial charge in [-0.15, -0.1) is 10.2 Å². The van der Waals surface area contributed by atoms with Crippen molar-refractivity contribution in [2.24, 2.45) is 0 Å². The molecular formula is C15H21N7O4S. The van der Waals surface area contributed by atoms with E-state index in [1.807, 2.05) is 6.92 Å². The summed E-state index contributed by atoms with van der Waals surface area (Å²) in [5.41, 5.74) is 0.152. The van der Waals surface area contributed by atoms with Crippen LogP contribution in [0.25, 0.3) is 0 Å². The van der Waals surface area contributed by atoms with Gasteiger partial charge in [0.1, 0.15) is 4.90 Å². The number of nitro benzene ring substituents is 1. The zero-order valence-corrected chi connectivity index (χ0v) is 15.9. The Morgan fingerprint density at radius 1 is 1.37 bits per heavy atom. The molecule has 0 radical (unpaired) electrons. The molecule has 1 aromatic heterocycles. The fourth-order valence-corrected chi connectivity index (χ4v) is 4.95. The molecule has 1 atom stereocenters. The maximum absolute atomic E-state index is 13.1. The van der Waals surface area contributed by atoms with Gasteiger partial charge in [0.15, 0.2) is 5.82 Å². The number of likely N-dealkylation sites (N-methyl/N-ethyl adjacent to an activating group) is 1. The van der Waals surface area contributed by atoms with Crippen LogP contribution in [-0.4, -0.2) is 65.0 Å². The van der Waals surface area contributed by atoms with Crippen LogP contribution in [0.5, 0.6) is 0 Å². The molecule has 2 aromatic rings. The number of H-pyrrole nitrogens is 1. The van der Waals surface area contributed by atoms with E-state index in [2.05, 4.69) is 20.6 Å². The number of nitro groups is 1. The number of hydrogen-bond donors (Lipinski definition) is 1. The second-order valence-electron chi connectivity index (χ2n) is 6.57. The predicted octanol–water partition coefficient (Wildman–Crippen LogP) is 1.13. The van der Waals surface area contributed by atoms with E-state index in [9.17, 15) is 18.5 Å². The Labute approximate surface area is 156 Å². The van der Waals surface area contributed by atoms with E-state index in [1.54, 1.807) is 11.9 Å². The highest BCUT2D eigenvalue weighted by Crippen LogP contribution is 2.33. The van der Waals surface area contributed by atoms with Crippen LogP contribution in [0.3, 0.4) is 0 Å². The van der Waals surface area contributed by atoms with Crippen LogP contribution in [0.15, 0.2) is 23.1 Å². The average molecular weight is 395 g/mol. The molecule has 1 N–H and O–H groups in total. The molecule has 0 amide bonds. The van der Waals surface area contributed by atoms with E-state index < -0.39 is 14.9 Å². The Morgan fingerprint density at radius 2 is 2.07 bits per heavy atom. The number of tetrazole rings is 1. The maximum Gasteiger partial charge on any atom is 0.270 e. The molecule has 0 aliphatic carbocycles. The van der Waals surface area contributed by atoms with Crippen LogP contribution in [0, 0.1) is 10.1 Å². The molecule has 2 heterocycles. The smallest absolute Gasteiger partial charge is 0.270 e. The van der Waals surface area contributed by atoms with Crippen molar-refractivity contribution in [1.29, 1.82) is 0 Å². The lowest BCUT2D eigenvalue weighted by Gasteiger charge is -2.26. The van der Waals surface area contributed by atoms with Gasteiger partial charge in [0.25, 0.3) is 5.69 Å². The first-order valence-electron chi connectivity index (χ1n) is 8.54. The van der Waals surface area contributed by atoms with E-state index in [1.165, 1.54) is 16.4 Å². The molecule has 11 nitrogen and oxygen atoms in total. The lowest BCUT2D eigenvalue weighted by molar-refractivity contribution is -0.385. The highest BCUT2D eigenvalue weighted by atomic mass is 32.2. The van der Waals surface area contributed by atoms with Crippen molar-refractivity contribution < 1.29 is 13.3 Å². The first-order chi connectivity index (χ1) is 12.8. The number of aromatic amines is 1. The normalized spacial score (nSPS) is 16.4. The number of rotatable bonds is 7. The summed E-state index contributed by atoms with van der Waals surface area (Å²) in [6, 6.07) is 3.93. The van der Waals surface area contributed by atoms with Crippen molar-refractivity contribution in [2.75, 3.05) is 31.6 Å². The summed E-state index contributed by atoms with van der Waals surface area (Å²) >= 11 is 0. The minimum absolute atomic E-state index is 0.0542. The number of nitrogens with one attached hydrogen (secondary N) is 1. The van der Waals surface area contributed by atoms with E-state index in [0.717, 1.165) is 18.9 Å². The van der Waals surface area contributed by atoms with Gasteiger partial charge in [0.05, 0.1) is 10.6 Å². The van der Waals surface area contributed by atoms with Gasteiger partial charge in [0, 0.05) is 44.7 Å². The summed E-state index contributed by atoms with van der Waals surface area (Å²) in [4.78, 5) is 12.3. The zero-order chi connectivity index (χ0) is 19.6. The largest absolute Gasteiger partial charge is 0.373 e. The molecule has 1 saturated heterocycles. The van der Waals surface area contributed by atoms with Crippen LogP contribution in [0.4, 0.5) is 11.4 Å². The van der Waals surface area contributed by atoms with Crippen molar-refractivity contribution in [3.05, 3.63) is 34.1 Å². The monoisotopic (exact) mass is 395 g/mol. The second kappa shape index (κ2) is 7.56. The Balaban J connectivity index is 1.97. The van der Waals surface area contributed by atoms with Gasteiger partial charge in [-0.2, -0.15) is 9.52 Å². The molecule has 1 aliphatic heterocycles. The Hall–Kier alpha value is -2.60. The van der Waals surface area contributed by atoms with Crippen molar-refractivity contribution >= 4 is 21.4 Å². The Kier molecular flexibility index (Phi) is 5.37. The fraction of sp³-hybridized carbons (Fsp3) is 0.533. The van der Waals surface area contributed by atoms with Crippen LogP contribution >= 0.6 is 0 Å². The Bertz CT molecular complexity index is 910. The van der Waals surface area contributed by atoms with E-state index in [-0.39, 0.29) is 16.5 Å².